The molecule has 0 aliphatic rings. The van der Waals surface area contributed by atoms with Gasteiger partial charge in [-0.15, -0.1) is 0 Å². The average molecular weight is 384 g/mol. The van der Waals surface area contributed by atoms with Crippen molar-refractivity contribution in [1.82, 2.24) is 19.9 Å². The van der Waals surface area contributed by atoms with E-state index >= 15 is 0 Å². The molecule has 2 N–H and O–H groups in total. The Labute approximate surface area is 158 Å². The predicted octanol–water partition coefficient (Wildman–Crippen LogP) is 1.59. The number of nitrogen functional groups attached to an aromatic ring is 1. The molecule has 0 spiro atoms. The van der Waals surface area contributed by atoms with E-state index < -0.39 is 10.9 Å². The summed E-state index contributed by atoms with van der Waals surface area (Å²) >= 11 is 0. The number of anilines is 1. The number of aromatic nitrogens is 4. The molecule has 0 amide bonds. The van der Waals surface area contributed by atoms with Crippen LogP contribution in [0.3, 0.4) is 0 Å². The van der Waals surface area contributed by atoms with Crippen molar-refractivity contribution in [2.75, 3.05) is 12.3 Å². The second-order valence-corrected chi connectivity index (χ2v) is 5.72. The van der Waals surface area contributed by atoms with Crippen molar-refractivity contribution in [3.05, 3.63) is 51.8 Å². The van der Waals surface area contributed by atoms with Crippen molar-refractivity contribution in [2.45, 2.75) is 20.0 Å². The molecule has 0 fully saturated rings. The number of ether oxygens (including phenoxy) is 2. The average Bonchev–Trinajstić information content (AvgIpc) is 2.66. The van der Waals surface area contributed by atoms with Crippen molar-refractivity contribution in [2.24, 2.45) is 0 Å². The van der Waals surface area contributed by atoms with Crippen molar-refractivity contribution >= 4 is 28.8 Å². The van der Waals surface area contributed by atoms with E-state index in [1.54, 1.807) is 12.1 Å². The Kier molecular flexibility index (Phi) is 5.53. The molecule has 11 nitrogen and oxygen atoms in total. The van der Waals surface area contributed by atoms with E-state index in [1.165, 1.54) is 25.3 Å². The Bertz CT molecular complexity index is 1020. The first kappa shape index (κ1) is 18.9. The zero-order valence-corrected chi connectivity index (χ0v) is 14.9. The van der Waals surface area contributed by atoms with Gasteiger partial charge in [-0.1, -0.05) is 12.1 Å². The fraction of sp³-hybridized carbons (Fsp3) is 0.235. The summed E-state index contributed by atoms with van der Waals surface area (Å²) in [5.41, 5.74) is 7.53. The van der Waals surface area contributed by atoms with Gasteiger partial charge in [-0.25, -0.2) is 9.97 Å². The Morgan fingerprint density at radius 2 is 1.96 bits per heavy atom. The van der Waals surface area contributed by atoms with Crippen molar-refractivity contribution in [1.29, 1.82) is 0 Å². The van der Waals surface area contributed by atoms with Gasteiger partial charge in [-0.05, 0) is 5.56 Å². The third kappa shape index (κ3) is 4.63. The van der Waals surface area contributed by atoms with Gasteiger partial charge in [0, 0.05) is 25.5 Å². The normalized spacial score (nSPS) is 10.6. The number of carbonyl (C=O) groups excluding carboxylic acids is 1. The molecule has 0 bridgehead atoms. The number of nitro groups is 1. The number of nitrogens with two attached hydrogens (primary N) is 1. The van der Waals surface area contributed by atoms with E-state index in [2.05, 4.69) is 19.9 Å². The van der Waals surface area contributed by atoms with Gasteiger partial charge in [0.2, 0.25) is 11.8 Å². The molecule has 0 unspecified atom stereocenters. The first-order chi connectivity index (χ1) is 13.4. The molecule has 2 heterocycles. The van der Waals surface area contributed by atoms with Gasteiger partial charge in [-0.2, -0.15) is 9.97 Å². The summed E-state index contributed by atoms with van der Waals surface area (Å²) in [5, 5.41) is 10.7. The summed E-state index contributed by atoms with van der Waals surface area (Å²) in [7, 11) is 0. The first-order valence-electron chi connectivity index (χ1n) is 8.21. The molecule has 144 valence electrons. The monoisotopic (exact) mass is 384 g/mol. The highest BCUT2D eigenvalue weighted by Gasteiger charge is 2.12. The molecule has 0 aliphatic carbocycles. The van der Waals surface area contributed by atoms with Crippen LogP contribution in [0, 0.1) is 10.1 Å². The van der Waals surface area contributed by atoms with Crippen LogP contribution in [-0.4, -0.2) is 37.4 Å². The van der Waals surface area contributed by atoms with Crippen LogP contribution in [0.2, 0.25) is 0 Å². The second-order valence-electron chi connectivity index (χ2n) is 5.72. The van der Waals surface area contributed by atoms with Gasteiger partial charge in [-0.3, -0.25) is 14.9 Å². The number of esters is 1. The number of nitro benzene ring substituents is 1. The molecule has 3 rings (SSSR count). The SMILES string of the molecule is CC(=O)OCc1cnc2nc(N)nc(OCCc3ccc([N+](=O)[O-])cc3)c2n1. The zero-order valence-electron chi connectivity index (χ0n) is 14.9. The molecule has 0 aliphatic heterocycles. The predicted molar refractivity (Wildman–Crippen MR) is 97.3 cm³/mol. The molecular weight excluding hydrogens is 368 g/mol. The lowest BCUT2D eigenvalue weighted by molar-refractivity contribution is -0.384. The minimum absolute atomic E-state index is 0.0140. The summed E-state index contributed by atoms with van der Waals surface area (Å²) in [4.78, 5) is 37.7. The summed E-state index contributed by atoms with van der Waals surface area (Å²) < 4.78 is 10.6. The minimum Gasteiger partial charge on any atom is -0.476 e. The second kappa shape index (κ2) is 8.20. The number of nitrogens with zero attached hydrogens (tertiary/aromatic N) is 5. The summed E-state index contributed by atoms with van der Waals surface area (Å²) in [6.45, 7) is 1.50. The fourth-order valence-corrected chi connectivity index (χ4v) is 2.33. The van der Waals surface area contributed by atoms with E-state index in [9.17, 15) is 14.9 Å². The van der Waals surface area contributed by atoms with E-state index in [0.29, 0.717) is 17.6 Å². The van der Waals surface area contributed by atoms with E-state index in [0.717, 1.165) is 5.56 Å². The topological polar surface area (TPSA) is 156 Å². The maximum Gasteiger partial charge on any atom is 0.303 e. The number of benzene rings is 1. The van der Waals surface area contributed by atoms with Crippen LogP contribution in [0.15, 0.2) is 30.5 Å². The van der Waals surface area contributed by atoms with Crippen LogP contribution in [0.25, 0.3) is 11.2 Å². The number of rotatable bonds is 7. The summed E-state index contributed by atoms with van der Waals surface area (Å²) in [5.74, 6) is -0.295. The number of hydrogen-bond acceptors (Lipinski definition) is 10. The zero-order chi connectivity index (χ0) is 20.1. The number of carbonyl (C=O) groups is 1. The highest BCUT2D eigenvalue weighted by atomic mass is 16.6. The third-order valence-electron chi connectivity index (χ3n) is 3.64. The van der Waals surface area contributed by atoms with E-state index in [1.807, 2.05) is 0 Å². The van der Waals surface area contributed by atoms with Gasteiger partial charge < -0.3 is 15.2 Å². The molecule has 28 heavy (non-hydrogen) atoms. The minimum atomic E-state index is -0.456. The molecule has 11 heteroatoms. The lowest BCUT2D eigenvalue weighted by atomic mass is 10.1. The molecular formula is C17H16N6O5. The van der Waals surface area contributed by atoms with Crippen LogP contribution in [0.4, 0.5) is 11.6 Å². The molecule has 0 radical (unpaired) electrons. The van der Waals surface area contributed by atoms with Crippen molar-refractivity contribution in [3.8, 4) is 5.88 Å². The standard InChI is InChI=1S/C17H16N6O5/c1-10(24)28-9-12-8-19-15-14(20-12)16(22-17(18)21-15)27-7-6-11-2-4-13(5-3-11)23(25)26/h2-5,8H,6-7,9H2,1H3,(H2,18,19,21,22). The Morgan fingerprint density at radius 1 is 1.21 bits per heavy atom. The highest BCUT2D eigenvalue weighted by molar-refractivity contribution is 5.76. The number of hydrogen-bond donors (Lipinski definition) is 1. The molecule has 0 saturated heterocycles. The van der Waals surface area contributed by atoms with Crippen LogP contribution in [0.1, 0.15) is 18.2 Å². The van der Waals surface area contributed by atoms with Crippen LogP contribution in [0.5, 0.6) is 5.88 Å². The molecule has 0 saturated carbocycles. The van der Waals surface area contributed by atoms with Crippen molar-refractivity contribution < 1.29 is 19.2 Å². The third-order valence-corrected chi connectivity index (χ3v) is 3.64. The largest absolute Gasteiger partial charge is 0.476 e. The van der Waals surface area contributed by atoms with Crippen LogP contribution in [-0.2, 0) is 22.6 Å². The van der Waals surface area contributed by atoms with Gasteiger partial charge in [0.15, 0.2) is 11.2 Å². The molecule has 3 aromatic rings. The van der Waals surface area contributed by atoms with Gasteiger partial charge in [0.05, 0.1) is 23.4 Å². The summed E-state index contributed by atoms with van der Waals surface area (Å²) in [6, 6.07) is 6.18. The van der Waals surface area contributed by atoms with Gasteiger partial charge in [0.25, 0.3) is 5.69 Å². The van der Waals surface area contributed by atoms with E-state index in [4.69, 9.17) is 15.2 Å². The first-order valence-corrected chi connectivity index (χ1v) is 8.21. The van der Waals surface area contributed by atoms with Crippen LogP contribution < -0.4 is 10.5 Å². The van der Waals surface area contributed by atoms with E-state index in [-0.39, 0.29) is 36.4 Å². The molecule has 2 aromatic heterocycles. The lowest BCUT2D eigenvalue weighted by Gasteiger charge is -2.09. The summed E-state index contributed by atoms with van der Waals surface area (Å²) in [6.07, 6.45) is 1.92. The maximum absolute atomic E-state index is 11.0. The lowest BCUT2D eigenvalue weighted by Crippen LogP contribution is -2.08. The molecule has 1 aromatic carbocycles. The highest BCUT2D eigenvalue weighted by Crippen LogP contribution is 2.21. The van der Waals surface area contributed by atoms with Crippen LogP contribution >= 0.6 is 0 Å². The Balaban J connectivity index is 1.74. The maximum atomic E-state index is 11.0. The quantitative estimate of drug-likeness (QED) is 0.360. The molecule has 0 atom stereocenters. The number of fused-ring (bicyclic) bond motifs is 1. The Hall–Kier alpha value is -3.89. The Morgan fingerprint density at radius 3 is 2.64 bits per heavy atom. The smallest absolute Gasteiger partial charge is 0.303 e. The van der Waals surface area contributed by atoms with Gasteiger partial charge in [0.1, 0.15) is 6.61 Å². The number of non-ortho nitro benzene ring substituents is 1. The van der Waals surface area contributed by atoms with Gasteiger partial charge >= 0.3 is 5.97 Å². The fourth-order valence-electron chi connectivity index (χ4n) is 2.33. The van der Waals surface area contributed by atoms with Crippen molar-refractivity contribution in [3.63, 3.8) is 0 Å².